The monoisotopic (exact) mass is 255 g/mol. The normalized spacial score (nSPS) is 9.50. The maximum Gasteiger partial charge on any atom is 0.274 e. The highest BCUT2D eigenvalue weighted by Gasteiger charge is 2.15. The molecule has 0 aromatic heterocycles. The SMILES string of the molecule is O=C(NO)c1cc(C(=O)NO)cc(C(=O)NO)c1. The first-order valence-electron chi connectivity index (χ1n) is 4.52. The number of carbonyl (C=O) groups excluding carboxylic acids is 3. The van der Waals surface area contributed by atoms with Crippen LogP contribution in [0.5, 0.6) is 0 Å². The summed E-state index contributed by atoms with van der Waals surface area (Å²) in [6.45, 7) is 0. The molecule has 0 radical (unpaired) electrons. The van der Waals surface area contributed by atoms with E-state index in [0.717, 1.165) is 18.2 Å². The van der Waals surface area contributed by atoms with Gasteiger partial charge in [-0.05, 0) is 18.2 Å². The van der Waals surface area contributed by atoms with E-state index >= 15 is 0 Å². The van der Waals surface area contributed by atoms with Crippen molar-refractivity contribution in [2.45, 2.75) is 0 Å². The van der Waals surface area contributed by atoms with Crippen LogP contribution in [0.4, 0.5) is 0 Å². The molecule has 3 amide bonds. The van der Waals surface area contributed by atoms with Crippen LogP contribution in [0, 0.1) is 0 Å². The van der Waals surface area contributed by atoms with Crippen LogP contribution >= 0.6 is 0 Å². The molecule has 0 heterocycles. The first kappa shape index (κ1) is 13.6. The summed E-state index contributed by atoms with van der Waals surface area (Å²) in [6, 6.07) is 3.10. The van der Waals surface area contributed by atoms with E-state index in [2.05, 4.69) is 0 Å². The van der Waals surface area contributed by atoms with Crippen molar-refractivity contribution >= 4 is 17.7 Å². The maximum absolute atomic E-state index is 11.2. The number of amides is 3. The Labute approximate surface area is 99.9 Å². The van der Waals surface area contributed by atoms with Gasteiger partial charge in [-0.3, -0.25) is 30.0 Å². The summed E-state index contributed by atoms with van der Waals surface area (Å²) in [5.41, 5.74) is 3.33. The van der Waals surface area contributed by atoms with E-state index < -0.39 is 17.7 Å². The maximum atomic E-state index is 11.2. The molecule has 18 heavy (non-hydrogen) atoms. The molecular weight excluding hydrogens is 246 g/mol. The predicted octanol–water partition coefficient (Wildman–Crippen LogP) is -0.956. The van der Waals surface area contributed by atoms with E-state index in [4.69, 9.17) is 15.6 Å². The fourth-order valence-corrected chi connectivity index (χ4v) is 1.21. The van der Waals surface area contributed by atoms with Gasteiger partial charge < -0.3 is 0 Å². The quantitative estimate of drug-likeness (QED) is 0.303. The summed E-state index contributed by atoms with van der Waals surface area (Å²) in [4.78, 5) is 33.6. The number of hydroxylamine groups is 3. The van der Waals surface area contributed by atoms with E-state index in [-0.39, 0.29) is 16.7 Å². The molecule has 0 spiro atoms. The van der Waals surface area contributed by atoms with Crippen molar-refractivity contribution in [3.05, 3.63) is 34.9 Å². The number of benzene rings is 1. The van der Waals surface area contributed by atoms with Crippen LogP contribution in [0.25, 0.3) is 0 Å². The third-order valence-electron chi connectivity index (χ3n) is 2.02. The van der Waals surface area contributed by atoms with Crippen molar-refractivity contribution < 1.29 is 30.0 Å². The lowest BCUT2D eigenvalue weighted by Gasteiger charge is -2.06. The molecule has 1 aromatic carbocycles. The Morgan fingerprint density at radius 1 is 0.667 bits per heavy atom. The van der Waals surface area contributed by atoms with Crippen molar-refractivity contribution in [2.75, 3.05) is 0 Å². The molecule has 0 unspecified atom stereocenters. The average molecular weight is 255 g/mol. The van der Waals surface area contributed by atoms with Crippen LogP contribution in [0.2, 0.25) is 0 Å². The number of carbonyl (C=O) groups is 3. The van der Waals surface area contributed by atoms with Gasteiger partial charge in [-0.1, -0.05) is 0 Å². The molecule has 0 saturated carbocycles. The second-order valence-corrected chi connectivity index (χ2v) is 3.12. The van der Waals surface area contributed by atoms with Crippen LogP contribution < -0.4 is 16.4 Å². The third-order valence-corrected chi connectivity index (χ3v) is 2.02. The number of hydrogen-bond donors (Lipinski definition) is 6. The van der Waals surface area contributed by atoms with Crippen LogP contribution in [0.3, 0.4) is 0 Å². The Balaban J connectivity index is 3.32. The standard InChI is InChI=1S/C9H9N3O6/c13-7(10-16)4-1-5(8(14)11-17)3-6(2-4)9(15)12-18/h1-3,16-18H,(H,10,13)(H,11,14)(H,12,15). The zero-order chi connectivity index (χ0) is 13.7. The van der Waals surface area contributed by atoms with Gasteiger partial charge in [0.15, 0.2) is 0 Å². The Bertz CT molecular complexity index is 417. The summed E-state index contributed by atoms with van der Waals surface area (Å²) in [7, 11) is 0. The number of hydrogen-bond acceptors (Lipinski definition) is 6. The summed E-state index contributed by atoms with van der Waals surface area (Å²) < 4.78 is 0. The summed E-state index contributed by atoms with van der Waals surface area (Å²) >= 11 is 0. The molecule has 9 nitrogen and oxygen atoms in total. The minimum Gasteiger partial charge on any atom is -0.288 e. The topological polar surface area (TPSA) is 148 Å². The lowest BCUT2D eigenvalue weighted by atomic mass is 10.0. The molecule has 6 N–H and O–H groups in total. The van der Waals surface area contributed by atoms with E-state index in [1.165, 1.54) is 16.4 Å². The molecule has 96 valence electrons. The molecule has 0 aliphatic rings. The highest BCUT2D eigenvalue weighted by atomic mass is 16.5. The molecule has 1 rings (SSSR count). The van der Waals surface area contributed by atoms with Crippen molar-refractivity contribution in [2.24, 2.45) is 0 Å². The lowest BCUT2D eigenvalue weighted by molar-refractivity contribution is 0.0697. The van der Waals surface area contributed by atoms with E-state index in [1.54, 1.807) is 0 Å². The van der Waals surface area contributed by atoms with Gasteiger partial charge in [-0.25, -0.2) is 16.4 Å². The van der Waals surface area contributed by atoms with E-state index in [0.29, 0.717) is 0 Å². The first-order valence-corrected chi connectivity index (χ1v) is 4.52. The van der Waals surface area contributed by atoms with Crippen molar-refractivity contribution in [3.63, 3.8) is 0 Å². The van der Waals surface area contributed by atoms with Gasteiger partial charge in [0.05, 0.1) is 0 Å². The predicted molar refractivity (Wildman–Crippen MR) is 54.2 cm³/mol. The second kappa shape index (κ2) is 5.72. The van der Waals surface area contributed by atoms with Crippen LogP contribution in [-0.2, 0) is 0 Å². The van der Waals surface area contributed by atoms with Crippen LogP contribution in [0.15, 0.2) is 18.2 Å². The van der Waals surface area contributed by atoms with Crippen molar-refractivity contribution in [3.8, 4) is 0 Å². The fraction of sp³-hybridized carbons (Fsp3) is 0. The molecule has 0 saturated heterocycles. The van der Waals surface area contributed by atoms with Gasteiger partial charge in [0.2, 0.25) is 0 Å². The highest BCUT2D eigenvalue weighted by Crippen LogP contribution is 2.11. The highest BCUT2D eigenvalue weighted by molar-refractivity contribution is 6.03. The van der Waals surface area contributed by atoms with Gasteiger partial charge >= 0.3 is 0 Å². The summed E-state index contributed by atoms with van der Waals surface area (Å²) in [5, 5.41) is 25.4. The second-order valence-electron chi connectivity index (χ2n) is 3.12. The molecule has 1 aromatic rings. The molecule has 0 aliphatic carbocycles. The molecule has 0 bridgehead atoms. The van der Waals surface area contributed by atoms with E-state index in [9.17, 15) is 14.4 Å². The van der Waals surface area contributed by atoms with E-state index in [1.807, 2.05) is 0 Å². The van der Waals surface area contributed by atoms with Gasteiger partial charge in [-0.2, -0.15) is 0 Å². The molecular formula is C9H9N3O6. The minimum absolute atomic E-state index is 0.211. The zero-order valence-corrected chi connectivity index (χ0v) is 8.80. The van der Waals surface area contributed by atoms with Crippen LogP contribution in [0.1, 0.15) is 31.1 Å². The molecule has 0 atom stereocenters. The Kier molecular flexibility index (Phi) is 4.32. The van der Waals surface area contributed by atoms with Gasteiger partial charge in [0.25, 0.3) is 17.7 Å². The number of nitrogens with one attached hydrogen (secondary N) is 3. The fourth-order valence-electron chi connectivity index (χ4n) is 1.21. The van der Waals surface area contributed by atoms with Crippen molar-refractivity contribution in [1.82, 2.24) is 16.4 Å². The van der Waals surface area contributed by atoms with Crippen molar-refractivity contribution in [1.29, 1.82) is 0 Å². The third kappa shape index (κ3) is 2.79. The smallest absolute Gasteiger partial charge is 0.274 e. The van der Waals surface area contributed by atoms with Gasteiger partial charge in [0.1, 0.15) is 0 Å². The summed E-state index contributed by atoms with van der Waals surface area (Å²) in [6.07, 6.45) is 0. The Hall–Kier alpha value is -2.49. The zero-order valence-electron chi connectivity index (χ0n) is 8.80. The van der Waals surface area contributed by atoms with Gasteiger partial charge in [0, 0.05) is 16.7 Å². The van der Waals surface area contributed by atoms with Gasteiger partial charge in [-0.15, -0.1) is 0 Å². The Morgan fingerprint density at radius 2 is 0.889 bits per heavy atom. The first-order chi connectivity index (χ1) is 8.53. The lowest BCUT2D eigenvalue weighted by Crippen LogP contribution is -2.25. The average Bonchev–Trinajstić information content (AvgIpc) is 2.43. The largest absolute Gasteiger partial charge is 0.288 e. The number of rotatable bonds is 3. The molecule has 0 fully saturated rings. The minimum atomic E-state index is -0.963. The Morgan fingerprint density at radius 3 is 1.06 bits per heavy atom. The van der Waals surface area contributed by atoms with Crippen LogP contribution in [-0.4, -0.2) is 33.3 Å². The summed E-state index contributed by atoms with van der Waals surface area (Å²) in [5.74, 6) is -2.89. The molecule has 0 aliphatic heterocycles. The molecule has 9 heteroatoms.